The first kappa shape index (κ1) is 33.8. The minimum Gasteiger partial charge on any atom is -0.497 e. The molecule has 0 aliphatic heterocycles. The lowest BCUT2D eigenvalue weighted by molar-refractivity contribution is -0.385. The third-order valence-corrected chi connectivity index (χ3v) is 9.03. The Hall–Kier alpha value is -4.65. The van der Waals surface area contributed by atoms with E-state index in [-0.39, 0.29) is 34.4 Å². The molecular weight excluding hydrogens is 588 g/mol. The maximum absolute atomic E-state index is 14.1. The van der Waals surface area contributed by atoms with Gasteiger partial charge in [-0.15, -0.1) is 0 Å². The number of amides is 2. The molecule has 0 aliphatic rings. The van der Waals surface area contributed by atoms with E-state index in [0.29, 0.717) is 23.5 Å². The van der Waals surface area contributed by atoms with Crippen molar-refractivity contribution in [2.24, 2.45) is 0 Å². The van der Waals surface area contributed by atoms with Crippen LogP contribution in [0.3, 0.4) is 0 Å². The maximum atomic E-state index is 14.1. The van der Waals surface area contributed by atoms with E-state index in [2.05, 4.69) is 5.32 Å². The molecule has 3 aromatic carbocycles. The Labute approximate surface area is 257 Å². The predicted molar refractivity (Wildman–Crippen MR) is 166 cm³/mol. The molecule has 1 N–H and O–H groups in total. The summed E-state index contributed by atoms with van der Waals surface area (Å²) in [5, 5.41) is 14.5. The van der Waals surface area contributed by atoms with Crippen LogP contribution in [-0.4, -0.2) is 62.9 Å². The summed E-state index contributed by atoms with van der Waals surface area (Å²) >= 11 is 0. The van der Waals surface area contributed by atoms with Crippen molar-refractivity contribution in [1.82, 2.24) is 10.2 Å². The zero-order chi connectivity index (χ0) is 32.6. The largest absolute Gasteiger partial charge is 0.497 e. The van der Waals surface area contributed by atoms with Crippen molar-refractivity contribution in [3.8, 4) is 11.5 Å². The molecule has 0 saturated heterocycles. The molecule has 2 atom stereocenters. The van der Waals surface area contributed by atoms with E-state index in [0.717, 1.165) is 10.4 Å². The fraction of sp³-hybridized carbons (Fsp3) is 0.355. The number of carbonyl (C=O) groups excluding carboxylic acids is 2. The van der Waals surface area contributed by atoms with Crippen molar-refractivity contribution < 1.29 is 32.4 Å². The van der Waals surface area contributed by atoms with Gasteiger partial charge in [-0.1, -0.05) is 25.1 Å². The van der Waals surface area contributed by atoms with Crippen molar-refractivity contribution >= 4 is 33.2 Å². The lowest BCUT2D eigenvalue weighted by Gasteiger charge is -2.32. The van der Waals surface area contributed by atoms with E-state index in [1.807, 2.05) is 13.8 Å². The van der Waals surface area contributed by atoms with Gasteiger partial charge in [0.15, 0.2) is 0 Å². The van der Waals surface area contributed by atoms with Crippen molar-refractivity contribution in [3.63, 3.8) is 0 Å². The normalized spacial score (nSPS) is 12.5. The molecule has 0 spiro atoms. The minimum atomic E-state index is -4.51. The highest BCUT2D eigenvalue weighted by Gasteiger charge is 2.33. The third-order valence-electron chi connectivity index (χ3n) is 7.26. The standard InChI is InChI=1S/C31H38N4O8S/c1-7-22(3)32-31(37)23(4)33(19-24-9-8-10-27(17-24)43-6)30(36)20-34(25-12-14-26(42-5)15-13-25)44(40,41)28-16-11-21(2)29(18-28)35(38)39/h8-18,22-23H,7,19-20H2,1-6H3,(H,32,37)/t22-,23-/m0/s1. The minimum absolute atomic E-state index is 0.0162. The SMILES string of the molecule is CC[C@H](C)NC(=O)[C@H](C)N(Cc1cccc(OC)c1)C(=O)CN(c1ccc(OC)cc1)S(=O)(=O)c1ccc(C)c([N+](=O)[O-])c1. The van der Waals surface area contributed by atoms with Crippen LogP contribution >= 0.6 is 0 Å². The molecule has 0 aromatic heterocycles. The van der Waals surface area contributed by atoms with Gasteiger partial charge in [-0.05, 0) is 75.2 Å². The number of nitro groups is 1. The number of nitrogens with zero attached hydrogens (tertiary/aromatic N) is 3. The van der Waals surface area contributed by atoms with Crippen LogP contribution in [0, 0.1) is 17.0 Å². The van der Waals surface area contributed by atoms with Crippen LogP contribution in [0.1, 0.15) is 38.3 Å². The van der Waals surface area contributed by atoms with Crippen LogP contribution in [0.25, 0.3) is 0 Å². The highest BCUT2D eigenvalue weighted by Crippen LogP contribution is 2.29. The lowest BCUT2D eigenvalue weighted by Crippen LogP contribution is -2.52. The first-order valence-corrected chi connectivity index (χ1v) is 15.4. The van der Waals surface area contributed by atoms with Gasteiger partial charge >= 0.3 is 0 Å². The van der Waals surface area contributed by atoms with Gasteiger partial charge in [-0.3, -0.25) is 24.0 Å². The van der Waals surface area contributed by atoms with E-state index in [1.165, 1.54) is 62.4 Å². The number of hydrogen-bond acceptors (Lipinski definition) is 8. The van der Waals surface area contributed by atoms with Crippen LogP contribution < -0.4 is 19.1 Å². The topological polar surface area (TPSA) is 148 Å². The van der Waals surface area contributed by atoms with Crippen LogP contribution in [0.4, 0.5) is 11.4 Å². The highest BCUT2D eigenvalue weighted by molar-refractivity contribution is 7.92. The number of sulfonamides is 1. The van der Waals surface area contributed by atoms with Crippen molar-refractivity contribution in [3.05, 3.63) is 88.0 Å². The van der Waals surface area contributed by atoms with Crippen LogP contribution in [-0.2, 0) is 26.2 Å². The van der Waals surface area contributed by atoms with Crippen molar-refractivity contribution in [1.29, 1.82) is 0 Å². The number of carbonyl (C=O) groups is 2. The molecule has 0 unspecified atom stereocenters. The van der Waals surface area contributed by atoms with Crippen molar-refractivity contribution in [2.45, 2.75) is 57.6 Å². The summed E-state index contributed by atoms with van der Waals surface area (Å²) in [6.07, 6.45) is 0.675. The molecule has 236 valence electrons. The van der Waals surface area contributed by atoms with Gasteiger partial charge in [0.1, 0.15) is 24.1 Å². The van der Waals surface area contributed by atoms with Crippen LogP contribution in [0.15, 0.2) is 71.6 Å². The Balaban J connectivity index is 2.10. The van der Waals surface area contributed by atoms with Crippen molar-refractivity contribution in [2.75, 3.05) is 25.1 Å². The molecule has 44 heavy (non-hydrogen) atoms. The molecule has 3 aromatic rings. The highest BCUT2D eigenvalue weighted by atomic mass is 32.2. The van der Waals surface area contributed by atoms with Gasteiger partial charge < -0.3 is 19.7 Å². The monoisotopic (exact) mass is 626 g/mol. The lowest BCUT2D eigenvalue weighted by atomic mass is 10.1. The van der Waals surface area contributed by atoms with Gasteiger partial charge in [-0.25, -0.2) is 8.42 Å². The quantitative estimate of drug-likeness (QED) is 0.204. The summed E-state index contributed by atoms with van der Waals surface area (Å²) in [4.78, 5) is 39.2. The molecular formula is C31H38N4O8S. The Morgan fingerprint density at radius 2 is 1.64 bits per heavy atom. The fourth-order valence-corrected chi connectivity index (χ4v) is 5.80. The molecule has 3 rings (SSSR count). The first-order valence-electron chi connectivity index (χ1n) is 14.0. The average Bonchev–Trinajstić information content (AvgIpc) is 3.01. The molecule has 13 heteroatoms. The number of ether oxygens (including phenoxy) is 2. The zero-order valence-electron chi connectivity index (χ0n) is 25.6. The second-order valence-electron chi connectivity index (χ2n) is 10.3. The van der Waals surface area contributed by atoms with Gasteiger partial charge in [0.05, 0.1) is 29.7 Å². The Morgan fingerprint density at radius 1 is 0.977 bits per heavy atom. The summed E-state index contributed by atoms with van der Waals surface area (Å²) < 4.78 is 39.5. The number of hydrogen-bond donors (Lipinski definition) is 1. The third kappa shape index (κ3) is 8.04. The van der Waals surface area contributed by atoms with E-state index >= 15 is 0 Å². The fourth-order valence-electron chi connectivity index (χ4n) is 4.37. The van der Waals surface area contributed by atoms with Crippen LogP contribution in [0.5, 0.6) is 11.5 Å². The Kier molecular flexibility index (Phi) is 11.3. The summed E-state index contributed by atoms with van der Waals surface area (Å²) in [6, 6.07) is 15.5. The van der Waals surface area contributed by atoms with Gasteiger partial charge in [-0.2, -0.15) is 0 Å². The maximum Gasteiger partial charge on any atom is 0.273 e. The molecule has 0 bridgehead atoms. The van der Waals surface area contributed by atoms with E-state index in [9.17, 15) is 28.1 Å². The second kappa shape index (κ2) is 14.7. The number of benzene rings is 3. The van der Waals surface area contributed by atoms with Gasteiger partial charge in [0, 0.05) is 24.2 Å². The van der Waals surface area contributed by atoms with Crippen LogP contribution in [0.2, 0.25) is 0 Å². The molecule has 0 saturated carbocycles. The molecule has 2 amide bonds. The predicted octanol–water partition coefficient (Wildman–Crippen LogP) is 4.45. The van der Waals surface area contributed by atoms with E-state index in [1.54, 1.807) is 31.2 Å². The number of nitro benzene ring substituents is 1. The molecule has 12 nitrogen and oxygen atoms in total. The number of anilines is 1. The van der Waals surface area contributed by atoms with Gasteiger partial charge in [0.2, 0.25) is 11.8 Å². The first-order chi connectivity index (χ1) is 20.8. The molecule has 0 aliphatic carbocycles. The smallest absolute Gasteiger partial charge is 0.273 e. The Bertz CT molecular complexity index is 1590. The summed E-state index contributed by atoms with van der Waals surface area (Å²) in [7, 11) is -1.54. The molecule has 0 fully saturated rings. The van der Waals surface area contributed by atoms with Gasteiger partial charge in [0.25, 0.3) is 15.7 Å². The Morgan fingerprint density at radius 3 is 2.23 bits per heavy atom. The number of methoxy groups -OCH3 is 2. The molecule has 0 heterocycles. The zero-order valence-corrected chi connectivity index (χ0v) is 26.5. The number of rotatable bonds is 14. The van der Waals surface area contributed by atoms with E-state index < -0.39 is 39.3 Å². The summed E-state index contributed by atoms with van der Waals surface area (Å²) in [5.41, 5.74) is 0.697. The second-order valence-corrected chi connectivity index (χ2v) is 12.1. The summed E-state index contributed by atoms with van der Waals surface area (Å²) in [6.45, 7) is 6.13. The summed E-state index contributed by atoms with van der Waals surface area (Å²) in [5.74, 6) is -0.0577. The average molecular weight is 627 g/mol. The van der Waals surface area contributed by atoms with E-state index in [4.69, 9.17) is 9.47 Å². The molecule has 0 radical (unpaired) electrons. The number of nitrogens with one attached hydrogen (secondary N) is 1. The number of aryl methyl sites for hydroxylation is 1.